The van der Waals surface area contributed by atoms with Gasteiger partial charge >= 0.3 is 0 Å². The number of aryl methyl sites for hydroxylation is 1. The van der Waals surface area contributed by atoms with Crippen molar-refractivity contribution in [2.24, 2.45) is 5.73 Å². The number of nitrogens with zero attached hydrogens (tertiary/aromatic N) is 2. The Morgan fingerprint density at radius 3 is 3.06 bits per heavy atom. The maximum atomic E-state index is 5.83. The molecule has 1 unspecified atom stereocenters. The van der Waals surface area contributed by atoms with E-state index in [1.807, 2.05) is 6.20 Å². The third kappa shape index (κ3) is 2.38. The third-order valence-corrected chi connectivity index (χ3v) is 3.71. The molecule has 1 aromatic rings. The number of piperidine rings is 1. The van der Waals surface area contributed by atoms with Gasteiger partial charge in [0, 0.05) is 25.3 Å². The summed E-state index contributed by atoms with van der Waals surface area (Å²) in [6.45, 7) is 3.83. The minimum Gasteiger partial charge on any atom is -0.351 e. The Bertz CT molecular complexity index is 367. The molecule has 1 saturated heterocycles. The van der Waals surface area contributed by atoms with E-state index in [9.17, 15) is 0 Å². The van der Waals surface area contributed by atoms with E-state index in [1.165, 1.54) is 24.8 Å². The highest BCUT2D eigenvalue weighted by Crippen LogP contribution is 2.29. The normalized spacial score (nSPS) is 21.2. The third-order valence-electron chi connectivity index (χ3n) is 3.13. The van der Waals surface area contributed by atoms with Crippen molar-refractivity contribution in [1.29, 1.82) is 0 Å². The van der Waals surface area contributed by atoms with Crippen molar-refractivity contribution >= 4 is 21.7 Å². The van der Waals surface area contributed by atoms with E-state index in [0.717, 1.165) is 16.8 Å². The summed E-state index contributed by atoms with van der Waals surface area (Å²) in [5, 5.41) is 0. The molecule has 0 radical (unpaired) electrons. The van der Waals surface area contributed by atoms with Gasteiger partial charge in [0.1, 0.15) is 5.82 Å². The van der Waals surface area contributed by atoms with E-state index >= 15 is 0 Å². The molecule has 0 amide bonds. The monoisotopic (exact) mass is 283 g/mol. The molecule has 1 aromatic heterocycles. The fourth-order valence-corrected chi connectivity index (χ4v) is 2.95. The molecule has 0 aliphatic carbocycles. The van der Waals surface area contributed by atoms with Crippen LogP contribution in [0.4, 0.5) is 5.82 Å². The van der Waals surface area contributed by atoms with Gasteiger partial charge < -0.3 is 10.6 Å². The second kappa shape index (κ2) is 5.15. The molecule has 0 bridgehead atoms. The Hall–Kier alpha value is -0.610. The minimum atomic E-state index is 0.445. The predicted molar refractivity (Wildman–Crippen MR) is 70.7 cm³/mol. The van der Waals surface area contributed by atoms with Crippen molar-refractivity contribution in [3.63, 3.8) is 0 Å². The van der Waals surface area contributed by atoms with Crippen LogP contribution in [0, 0.1) is 6.92 Å². The summed E-state index contributed by atoms with van der Waals surface area (Å²) in [6.07, 6.45) is 5.61. The summed E-state index contributed by atoms with van der Waals surface area (Å²) in [5.74, 6) is 1.04. The van der Waals surface area contributed by atoms with Gasteiger partial charge in [-0.05, 0) is 53.7 Å². The van der Waals surface area contributed by atoms with Crippen LogP contribution < -0.4 is 10.6 Å². The first-order valence-corrected chi connectivity index (χ1v) is 6.60. The van der Waals surface area contributed by atoms with Crippen molar-refractivity contribution in [2.45, 2.75) is 32.2 Å². The van der Waals surface area contributed by atoms with Crippen LogP contribution in [0.3, 0.4) is 0 Å². The lowest BCUT2D eigenvalue weighted by molar-refractivity contribution is 0.461. The molecule has 16 heavy (non-hydrogen) atoms. The number of hydrogen-bond donors (Lipinski definition) is 1. The van der Waals surface area contributed by atoms with Crippen LogP contribution in [0.1, 0.15) is 24.8 Å². The number of nitrogens with two attached hydrogens (primary N) is 1. The van der Waals surface area contributed by atoms with Gasteiger partial charge in [-0.25, -0.2) is 4.98 Å². The van der Waals surface area contributed by atoms with Crippen LogP contribution in [0.15, 0.2) is 16.7 Å². The van der Waals surface area contributed by atoms with Crippen LogP contribution in [-0.4, -0.2) is 24.1 Å². The van der Waals surface area contributed by atoms with Gasteiger partial charge in [0.2, 0.25) is 0 Å². The van der Waals surface area contributed by atoms with Gasteiger partial charge in [0.25, 0.3) is 0 Å². The molecule has 1 atom stereocenters. The lowest BCUT2D eigenvalue weighted by Gasteiger charge is -2.36. The van der Waals surface area contributed by atoms with E-state index < -0.39 is 0 Å². The SMILES string of the molecule is Cc1cnc(N2CCCCC2CN)c(Br)c1. The molecular formula is C12H18BrN3. The van der Waals surface area contributed by atoms with Gasteiger partial charge in [-0.2, -0.15) is 0 Å². The Morgan fingerprint density at radius 1 is 1.56 bits per heavy atom. The lowest BCUT2D eigenvalue weighted by Crippen LogP contribution is -2.44. The van der Waals surface area contributed by atoms with Crippen LogP contribution in [-0.2, 0) is 0 Å². The molecule has 0 spiro atoms. The van der Waals surface area contributed by atoms with Gasteiger partial charge in [-0.3, -0.25) is 0 Å². The van der Waals surface area contributed by atoms with Gasteiger partial charge in [-0.1, -0.05) is 0 Å². The number of hydrogen-bond acceptors (Lipinski definition) is 3. The molecule has 0 saturated carbocycles. The highest BCUT2D eigenvalue weighted by atomic mass is 79.9. The summed E-state index contributed by atoms with van der Waals surface area (Å²) in [6, 6.07) is 2.56. The number of halogens is 1. The number of pyridine rings is 1. The second-order valence-electron chi connectivity index (χ2n) is 4.40. The molecule has 4 heteroatoms. The van der Waals surface area contributed by atoms with Crippen molar-refractivity contribution < 1.29 is 0 Å². The lowest BCUT2D eigenvalue weighted by atomic mass is 10.0. The fraction of sp³-hybridized carbons (Fsp3) is 0.583. The summed E-state index contributed by atoms with van der Waals surface area (Å²) in [5.41, 5.74) is 7.00. The van der Waals surface area contributed by atoms with Crippen LogP contribution in [0.2, 0.25) is 0 Å². The highest BCUT2D eigenvalue weighted by molar-refractivity contribution is 9.10. The average molecular weight is 284 g/mol. The Kier molecular flexibility index (Phi) is 3.82. The maximum absolute atomic E-state index is 5.83. The first-order chi connectivity index (χ1) is 7.72. The van der Waals surface area contributed by atoms with E-state index in [4.69, 9.17) is 5.73 Å². The topological polar surface area (TPSA) is 42.2 Å². The quantitative estimate of drug-likeness (QED) is 0.907. The Balaban J connectivity index is 2.27. The van der Waals surface area contributed by atoms with Gasteiger partial charge in [0.15, 0.2) is 0 Å². The van der Waals surface area contributed by atoms with Crippen molar-refractivity contribution in [2.75, 3.05) is 18.0 Å². The first kappa shape index (κ1) is 11.9. The summed E-state index contributed by atoms with van der Waals surface area (Å²) in [7, 11) is 0. The number of rotatable bonds is 2. The van der Waals surface area contributed by atoms with E-state index in [0.29, 0.717) is 12.6 Å². The van der Waals surface area contributed by atoms with Gasteiger partial charge in [0.05, 0.1) is 4.47 Å². The zero-order valence-corrected chi connectivity index (χ0v) is 11.2. The van der Waals surface area contributed by atoms with Crippen molar-refractivity contribution in [3.05, 3.63) is 22.3 Å². The summed E-state index contributed by atoms with van der Waals surface area (Å²) >= 11 is 3.59. The van der Waals surface area contributed by atoms with Crippen molar-refractivity contribution in [1.82, 2.24) is 4.98 Å². The molecule has 2 rings (SSSR count). The van der Waals surface area contributed by atoms with Crippen LogP contribution in [0.25, 0.3) is 0 Å². The number of anilines is 1. The molecule has 88 valence electrons. The maximum Gasteiger partial charge on any atom is 0.143 e. The van der Waals surface area contributed by atoms with E-state index in [-0.39, 0.29) is 0 Å². The predicted octanol–water partition coefficient (Wildman–Crippen LogP) is 2.47. The van der Waals surface area contributed by atoms with Crippen molar-refractivity contribution in [3.8, 4) is 0 Å². The first-order valence-electron chi connectivity index (χ1n) is 5.81. The molecular weight excluding hydrogens is 266 g/mol. The average Bonchev–Trinajstić information content (AvgIpc) is 2.29. The summed E-state index contributed by atoms with van der Waals surface area (Å²) in [4.78, 5) is 6.86. The molecule has 0 aromatic carbocycles. The van der Waals surface area contributed by atoms with Gasteiger partial charge in [-0.15, -0.1) is 0 Å². The Morgan fingerprint density at radius 2 is 2.38 bits per heavy atom. The molecule has 1 aliphatic rings. The fourth-order valence-electron chi connectivity index (χ4n) is 2.26. The largest absolute Gasteiger partial charge is 0.351 e. The smallest absolute Gasteiger partial charge is 0.143 e. The van der Waals surface area contributed by atoms with Crippen LogP contribution in [0.5, 0.6) is 0 Å². The molecule has 2 heterocycles. The Labute approximate surface area is 105 Å². The minimum absolute atomic E-state index is 0.445. The standard InChI is InChI=1S/C12H18BrN3/c1-9-6-11(13)12(15-8-9)16-5-3-2-4-10(16)7-14/h6,8,10H,2-5,7,14H2,1H3. The van der Waals surface area contributed by atoms with E-state index in [1.54, 1.807) is 0 Å². The molecule has 2 N–H and O–H groups in total. The zero-order valence-electron chi connectivity index (χ0n) is 9.62. The van der Waals surface area contributed by atoms with E-state index in [2.05, 4.69) is 38.8 Å². The van der Waals surface area contributed by atoms with Crippen LogP contribution >= 0.6 is 15.9 Å². The molecule has 1 aliphatic heterocycles. The molecule has 3 nitrogen and oxygen atoms in total. The molecule has 1 fully saturated rings. The second-order valence-corrected chi connectivity index (χ2v) is 5.25. The highest BCUT2D eigenvalue weighted by Gasteiger charge is 2.23. The zero-order chi connectivity index (χ0) is 11.5. The number of aromatic nitrogens is 1. The summed E-state index contributed by atoms with van der Waals surface area (Å²) < 4.78 is 1.08.